The molecule has 100 valence electrons. The molecule has 2 unspecified atom stereocenters. The maximum atomic E-state index is 12.5. The van der Waals surface area contributed by atoms with E-state index >= 15 is 0 Å². The highest BCUT2D eigenvalue weighted by Gasteiger charge is 2.37. The van der Waals surface area contributed by atoms with Crippen LogP contribution in [0.25, 0.3) is 0 Å². The molecule has 0 bridgehead atoms. The molecule has 1 aliphatic rings. The molecule has 0 radical (unpaired) electrons. The van der Waals surface area contributed by atoms with Crippen LogP contribution in [0.5, 0.6) is 0 Å². The summed E-state index contributed by atoms with van der Waals surface area (Å²) in [5.74, 6) is -1.38. The number of alkyl halides is 3. The van der Waals surface area contributed by atoms with Gasteiger partial charge in [-0.1, -0.05) is 36.5 Å². The largest absolute Gasteiger partial charge is 0.395 e. The van der Waals surface area contributed by atoms with Gasteiger partial charge < -0.3 is 5.11 Å². The van der Waals surface area contributed by atoms with Crippen molar-refractivity contribution in [3.63, 3.8) is 0 Å². The third kappa shape index (κ3) is 4.18. The first-order valence-corrected chi connectivity index (χ1v) is 5.82. The Morgan fingerprint density at radius 3 is 2.61 bits per heavy atom. The van der Waals surface area contributed by atoms with Crippen molar-refractivity contribution in [1.29, 1.82) is 0 Å². The van der Waals surface area contributed by atoms with E-state index in [1.54, 1.807) is 24.3 Å². The summed E-state index contributed by atoms with van der Waals surface area (Å²) in [6, 6.07) is 0. The first kappa shape index (κ1) is 14.8. The van der Waals surface area contributed by atoms with E-state index in [4.69, 9.17) is 5.11 Å². The lowest BCUT2D eigenvalue weighted by molar-refractivity contribution is -0.160. The smallest absolute Gasteiger partial charge is 0.392 e. The molecule has 0 aliphatic heterocycles. The Labute approximate surface area is 105 Å². The van der Waals surface area contributed by atoms with Crippen LogP contribution >= 0.6 is 0 Å². The number of allylic oxidation sites excluding steroid dienone is 6. The van der Waals surface area contributed by atoms with E-state index < -0.39 is 12.1 Å². The predicted octanol–water partition coefficient (Wildman–Crippen LogP) is 3.79. The second-order valence-corrected chi connectivity index (χ2v) is 4.18. The average molecular weight is 258 g/mol. The molecule has 0 aromatic carbocycles. The number of halogens is 3. The first-order chi connectivity index (χ1) is 8.49. The number of hydrogen-bond donors (Lipinski definition) is 1. The molecular weight excluding hydrogens is 241 g/mol. The van der Waals surface area contributed by atoms with Crippen molar-refractivity contribution in [1.82, 2.24) is 0 Å². The van der Waals surface area contributed by atoms with Gasteiger partial charge in [0.1, 0.15) is 0 Å². The Morgan fingerprint density at radius 1 is 1.44 bits per heavy atom. The van der Waals surface area contributed by atoms with Gasteiger partial charge in [-0.2, -0.15) is 13.2 Å². The average Bonchev–Trinajstić information content (AvgIpc) is 2.34. The minimum Gasteiger partial charge on any atom is -0.392 e. The minimum atomic E-state index is -4.17. The second kappa shape index (κ2) is 6.59. The van der Waals surface area contributed by atoms with Crippen molar-refractivity contribution in [2.45, 2.75) is 19.0 Å². The molecule has 4 heteroatoms. The van der Waals surface area contributed by atoms with E-state index in [0.717, 1.165) is 5.57 Å². The zero-order valence-corrected chi connectivity index (χ0v) is 10.0. The van der Waals surface area contributed by atoms with Crippen LogP contribution in [-0.2, 0) is 0 Å². The highest BCUT2D eigenvalue weighted by atomic mass is 19.4. The molecule has 1 aliphatic carbocycles. The molecule has 0 aromatic heterocycles. The Bertz CT molecular complexity index is 364. The Kier molecular flexibility index (Phi) is 5.41. The van der Waals surface area contributed by atoms with Gasteiger partial charge in [0.15, 0.2) is 0 Å². The standard InChI is InChI=1S/C14H17F3O/c1-2-11(5-3-4-10-18)12-6-8-13(9-7-12)14(15,16)17/h2-4,6-8,11,13,18H,1,5,9-10H2/b4-3+. The molecule has 0 saturated heterocycles. The molecular formula is C14H17F3O. The summed E-state index contributed by atoms with van der Waals surface area (Å²) in [4.78, 5) is 0. The highest BCUT2D eigenvalue weighted by Crippen LogP contribution is 2.35. The van der Waals surface area contributed by atoms with Crippen LogP contribution in [0.4, 0.5) is 13.2 Å². The van der Waals surface area contributed by atoms with Crippen molar-refractivity contribution in [3.05, 3.63) is 48.6 Å². The van der Waals surface area contributed by atoms with E-state index in [1.165, 1.54) is 12.2 Å². The van der Waals surface area contributed by atoms with Crippen LogP contribution in [0.15, 0.2) is 48.6 Å². The minimum absolute atomic E-state index is 0.00164. The molecule has 0 fully saturated rings. The third-order valence-corrected chi connectivity index (χ3v) is 2.92. The number of aliphatic hydroxyl groups is 1. The lowest BCUT2D eigenvalue weighted by Crippen LogP contribution is -2.22. The van der Waals surface area contributed by atoms with Crippen LogP contribution in [0.3, 0.4) is 0 Å². The monoisotopic (exact) mass is 258 g/mol. The van der Waals surface area contributed by atoms with Crippen LogP contribution in [0, 0.1) is 11.8 Å². The van der Waals surface area contributed by atoms with Gasteiger partial charge in [0.05, 0.1) is 12.5 Å². The molecule has 1 nitrogen and oxygen atoms in total. The quantitative estimate of drug-likeness (QED) is 0.744. The van der Waals surface area contributed by atoms with Crippen LogP contribution in [-0.4, -0.2) is 17.9 Å². The molecule has 1 N–H and O–H groups in total. The van der Waals surface area contributed by atoms with Crippen molar-refractivity contribution >= 4 is 0 Å². The van der Waals surface area contributed by atoms with Crippen LogP contribution in [0.1, 0.15) is 12.8 Å². The fraction of sp³-hybridized carbons (Fsp3) is 0.429. The second-order valence-electron chi connectivity index (χ2n) is 4.18. The summed E-state index contributed by atoms with van der Waals surface area (Å²) in [6.07, 6.45) is 5.95. The topological polar surface area (TPSA) is 20.2 Å². The van der Waals surface area contributed by atoms with E-state index in [1.807, 2.05) is 0 Å². The van der Waals surface area contributed by atoms with E-state index in [9.17, 15) is 13.2 Å². The molecule has 0 aromatic rings. The number of rotatable bonds is 5. The van der Waals surface area contributed by atoms with Crippen molar-refractivity contribution in [2.24, 2.45) is 11.8 Å². The van der Waals surface area contributed by atoms with Gasteiger partial charge >= 0.3 is 6.18 Å². The normalized spacial score (nSPS) is 22.0. The Hall–Kier alpha value is -1.29. The number of aliphatic hydroxyl groups excluding tert-OH is 1. The molecule has 0 amide bonds. The first-order valence-electron chi connectivity index (χ1n) is 5.82. The van der Waals surface area contributed by atoms with Crippen molar-refractivity contribution in [3.8, 4) is 0 Å². The predicted molar refractivity (Wildman–Crippen MR) is 65.9 cm³/mol. The Morgan fingerprint density at radius 2 is 2.17 bits per heavy atom. The zero-order valence-electron chi connectivity index (χ0n) is 10.0. The van der Waals surface area contributed by atoms with Crippen molar-refractivity contribution < 1.29 is 18.3 Å². The van der Waals surface area contributed by atoms with Gasteiger partial charge in [-0.25, -0.2) is 0 Å². The Balaban J connectivity index is 2.63. The molecule has 18 heavy (non-hydrogen) atoms. The fourth-order valence-electron chi connectivity index (χ4n) is 1.84. The molecule has 1 rings (SSSR count). The maximum absolute atomic E-state index is 12.5. The summed E-state index contributed by atoms with van der Waals surface area (Å²) in [5, 5.41) is 8.62. The zero-order chi connectivity index (χ0) is 13.6. The summed E-state index contributed by atoms with van der Waals surface area (Å²) in [6.45, 7) is 3.66. The molecule has 0 heterocycles. The lowest BCUT2D eigenvalue weighted by atomic mass is 9.87. The van der Waals surface area contributed by atoms with Gasteiger partial charge in [-0.3, -0.25) is 0 Å². The SMILES string of the molecule is C=CC(C/C=C/CO)C1=CCC(C(F)(F)F)C=C1. The van der Waals surface area contributed by atoms with Gasteiger partial charge in [-0.15, -0.1) is 6.58 Å². The lowest BCUT2D eigenvalue weighted by Gasteiger charge is -2.21. The van der Waals surface area contributed by atoms with Crippen LogP contribution in [0.2, 0.25) is 0 Å². The number of hydrogen-bond acceptors (Lipinski definition) is 1. The molecule has 2 atom stereocenters. The van der Waals surface area contributed by atoms with Crippen LogP contribution < -0.4 is 0 Å². The summed E-state index contributed by atoms with van der Waals surface area (Å²) in [5.41, 5.74) is 0.855. The fourth-order valence-corrected chi connectivity index (χ4v) is 1.84. The third-order valence-electron chi connectivity index (χ3n) is 2.92. The van der Waals surface area contributed by atoms with Gasteiger partial charge in [0.25, 0.3) is 0 Å². The van der Waals surface area contributed by atoms with E-state index in [2.05, 4.69) is 6.58 Å². The summed E-state index contributed by atoms with van der Waals surface area (Å²) >= 11 is 0. The van der Waals surface area contributed by atoms with Gasteiger partial charge in [-0.05, 0) is 18.4 Å². The maximum Gasteiger partial charge on any atom is 0.395 e. The van der Waals surface area contributed by atoms with E-state index in [0.29, 0.717) is 6.42 Å². The van der Waals surface area contributed by atoms with E-state index in [-0.39, 0.29) is 18.9 Å². The van der Waals surface area contributed by atoms with Crippen molar-refractivity contribution in [2.75, 3.05) is 6.61 Å². The van der Waals surface area contributed by atoms with Gasteiger partial charge in [0.2, 0.25) is 0 Å². The summed E-state index contributed by atoms with van der Waals surface area (Å²) < 4.78 is 37.4. The molecule has 0 saturated carbocycles. The molecule has 0 spiro atoms. The summed E-state index contributed by atoms with van der Waals surface area (Å²) in [7, 11) is 0. The highest BCUT2D eigenvalue weighted by molar-refractivity contribution is 5.30. The van der Waals surface area contributed by atoms with Gasteiger partial charge in [0, 0.05) is 5.92 Å².